The van der Waals surface area contributed by atoms with Crippen LogP contribution in [0.2, 0.25) is 0 Å². The highest BCUT2D eigenvalue weighted by atomic mass is 16.6. The Hall–Kier alpha value is -3.50. The van der Waals surface area contributed by atoms with Gasteiger partial charge in [0.2, 0.25) is 0 Å². The molecular formula is C20H22N4O6. The molecule has 4 rings (SSSR count). The van der Waals surface area contributed by atoms with Crippen LogP contribution in [0.15, 0.2) is 48.5 Å². The monoisotopic (exact) mass is 414 g/mol. The fraction of sp³-hybridized carbons (Fsp3) is 0.300. The maximum Gasteiger partial charge on any atom is 0.269 e. The zero-order valence-corrected chi connectivity index (χ0v) is 16.1. The van der Waals surface area contributed by atoms with Gasteiger partial charge in [-0.2, -0.15) is 0 Å². The lowest BCUT2D eigenvalue weighted by molar-refractivity contribution is -0.384. The molecule has 2 fully saturated rings. The molecule has 0 atom stereocenters. The number of amides is 2. The molecule has 2 aliphatic heterocycles. The molecule has 2 heterocycles. The van der Waals surface area contributed by atoms with Crippen molar-refractivity contribution in [1.82, 2.24) is 10.6 Å². The van der Waals surface area contributed by atoms with E-state index in [0.29, 0.717) is 43.2 Å². The number of nitrogens with zero attached hydrogens (tertiary/aromatic N) is 1. The van der Waals surface area contributed by atoms with E-state index in [1.165, 1.54) is 24.3 Å². The minimum absolute atomic E-state index is 0.0245. The minimum atomic E-state index is -0.499. The first-order valence-corrected chi connectivity index (χ1v) is 9.29. The molecule has 2 amide bonds. The maximum atomic E-state index is 11.6. The third-order valence-corrected chi connectivity index (χ3v) is 4.46. The number of benzene rings is 2. The van der Waals surface area contributed by atoms with Crippen molar-refractivity contribution in [3.63, 3.8) is 0 Å². The number of nitro groups is 1. The van der Waals surface area contributed by atoms with E-state index in [9.17, 15) is 19.7 Å². The maximum absolute atomic E-state index is 11.6. The minimum Gasteiger partial charge on any atom is -0.399 e. The number of hydrogen-bond donors (Lipinski definition) is 3. The summed E-state index contributed by atoms with van der Waals surface area (Å²) in [6.45, 7) is 2.28. The van der Waals surface area contributed by atoms with E-state index in [2.05, 4.69) is 10.6 Å². The number of hydrogen-bond acceptors (Lipinski definition) is 7. The number of carbonyl (C=O) groups excluding carboxylic acids is 2. The van der Waals surface area contributed by atoms with E-state index < -0.39 is 4.92 Å². The van der Waals surface area contributed by atoms with Gasteiger partial charge in [0.1, 0.15) is 0 Å². The molecule has 0 saturated carbocycles. The molecule has 0 bridgehead atoms. The second-order valence-electron chi connectivity index (χ2n) is 6.84. The zero-order chi connectivity index (χ0) is 21.5. The fourth-order valence-corrected chi connectivity index (χ4v) is 2.54. The Kier molecular flexibility index (Phi) is 6.94. The number of anilines is 1. The SMILES string of the molecule is Nc1ccc(C(=O)NC2COC2)cc1.O=C(NC1COC1)c1ccc([N+](=O)[O-])cc1. The summed E-state index contributed by atoms with van der Waals surface area (Å²) >= 11 is 0. The largest absolute Gasteiger partial charge is 0.399 e. The highest BCUT2D eigenvalue weighted by Gasteiger charge is 2.21. The van der Waals surface area contributed by atoms with Crippen molar-refractivity contribution in [3.05, 3.63) is 69.8 Å². The van der Waals surface area contributed by atoms with Crippen LogP contribution in [0.5, 0.6) is 0 Å². The first-order chi connectivity index (χ1) is 14.4. The van der Waals surface area contributed by atoms with E-state index in [1.54, 1.807) is 24.3 Å². The lowest BCUT2D eigenvalue weighted by Gasteiger charge is -2.26. The Balaban J connectivity index is 0.000000172. The molecule has 2 aromatic rings. The molecule has 0 aliphatic carbocycles. The van der Waals surface area contributed by atoms with Crippen molar-refractivity contribution in [3.8, 4) is 0 Å². The van der Waals surface area contributed by atoms with Gasteiger partial charge in [-0.15, -0.1) is 0 Å². The molecule has 10 heteroatoms. The molecule has 0 aromatic heterocycles. The quantitative estimate of drug-likeness (QED) is 0.377. The smallest absolute Gasteiger partial charge is 0.269 e. The molecule has 0 radical (unpaired) electrons. The zero-order valence-electron chi connectivity index (χ0n) is 16.1. The van der Waals surface area contributed by atoms with Crippen LogP contribution in [0.4, 0.5) is 11.4 Å². The van der Waals surface area contributed by atoms with Gasteiger partial charge in [-0.1, -0.05) is 0 Å². The average molecular weight is 414 g/mol. The van der Waals surface area contributed by atoms with Crippen LogP contribution in [0.3, 0.4) is 0 Å². The number of ether oxygens (including phenoxy) is 2. The number of nitrogen functional groups attached to an aromatic ring is 1. The van der Waals surface area contributed by atoms with E-state index >= 15 is 0 Å². The van der Waals surface area contributed by atoms with Gasteiger partial charge in [-0.05, 0) is 36.4 Å². The summed E-state index contributed by atoms with van der Waals surface area (Å²) in [4.78, 5) is 33.0. The van der Waals surface area contributed by atoms with Crippen molar-refractivity contribution >= 4 is 23.2 Å². The Labute approximate surface area is 172 Å². The Morgan fingerprint density at radius 1 is 0.833 bits per heavy atom. The van der Waals surface area contributed by atoms with Gasteiger partial charge in [0.05, 0.1) is 43.4 Å². The third kappa shape index (κ3) is 5.75. The van der Waals surface area contributed by atoms with Gasteiger partial charge in [0.15, 0.2) is 0 Å². The number of rotatable bonds is 5. The van der Waals surface area contributed by atoms with Gasteiger partial charge >= 0.3 is 0 Å². The lowest BCUT2D eigenvalue weighted by atomic mass is 10.1. The molecule has 0 unspecified atom stereocenters. The topological polar surface area (TPSA) is 146 Å². The van der Waals surface area contributed by atoms with Crippen LogP contribution in [-0.4, -0.2) is 55.2 Å². The van der Waals surface area contributed by atoms with E-state index in [4.69, 9.17) is 15.2 Å². The van der Waals surface area contributed by atoms with Crippen molar-refractivity contribution < 1.29 is 24.0 Å². The summed E-state index contributed by atoms with van der Waals surface area (Å²) in [5, 5.41) is 16.0. The third-order valence-electron chi connectivity index (χ3n) is 4.46. The van der Waals surface area contributed by atoms with Crippen molar-refractivity contribution in [2.75, 3.05) is 32.2 Å². The first kappa shape index (κ1) is 21.2. The molecule has 158 valence electrons. The van der Waals surface area contributed by atoms with Gasteiger partial charge in [0, 0.05) is 28.9 Å². The second kappa shape index (κ2) is 9.81. The van der Waals surface area contributed by atoms with Crippen LogP contribution >= 0.6 is 0 Å². The van der Waals surface area contributed by atoms with Crippen LogP contribution in [0.1, 0.15) is 20.7 Å². The van der Waals surface area contributed by atoms with Crippen LogP contribution in [0, 0.1) is 10.1 Å². The number of non-ortho nitro benzene ring substituents is 1. The molecule has 2 aliphatic rings. The van der Waals surface area contributed by atoms with Crippen LogP contribution < -0.4 is 16.4 Å². The normalized spacial score (nSPS) is 15.6. The van der Waals surface area contributed by atoms with Gasteiger partial charge in [-0.3, -0.25) is 19.7 Å². The summed E-state index contributed by atoms with van der Waals surface area (Å²) in [7, 11) is 0. The predicted molar refractivity (Wildman–Crippen MR) is 108 cm³/mol. The average Bonchev–Trinajstić information content (AvgIpc) is 2.68. The van der Waals surface area contributed by atoms with Crippen LogP contribution in [-0.2, 0) is 9.47 Å². The Morgan fingerprint density at radius 3 is 1.57 bits per heavy atom. The molecule has 2 aromatic carbocycles. The highest BCUT2D eigenvalue weighted by Crippen LogP contribution is 2.12. The lowest BCUT2D eigenvalue weighted by Crippen LogP contribution is -2.48. The van der Waals surface area contributed by atoms with Crippen molar-refractivity contribution in [1.29, 1.82) is 0 Å². The number of nitro benzene ring substituents is 1. The van der Waals surface area contributed by atoms with Crippen molar-refractivity contribution in [2.45, 2.75) is 12.1 Å². The summed E-state index contributed by atoms with van der Waals surface area (Å²) < 4.78 is 9.87. The highest BCUT2D eigenvalue weighted by molar-refractivity contribution is 5.95. The second-order valence-corrected chi connectivity index (χ2v) is 6.84. The summed E-state index contributed by atoms with van der Waals surface area (Å²) in [5.41, 5.74) is 7.19. The van der Waals surface area contributed by atoms with Gasteiger partial charge in [0.25, 0.3) is 17.5 Å². The van der Waals surface area contributed by atoms with Gasteiger partial charge < -0.3 is 25.8 Å². The van der Waals surface area contributed by atoms with Crippen molar-refractivity contribution in [2.24, 2.45) is 0 Å². The molecular weight excluding hydrogens is 392 g/mol. The standard InChI is InChI=1S/C10H10N2O4.C10H12N2O2/c13-10(11-8-5-16-6-8)7-1-3-9(4-2-7)12(14)15;11-8-3-1-7(2-4-8)10(13)12-9-5-14-6-9/h1-4,8H,5-6H2,(H,11,13);1-4,9H,5-6,11H2,(H,12,13). The summed E-state index contributed by atoms with van der Waals surface area (Å²) in [6.07, 6.45) is 0. The number of nitrogens with one attached hydrogen (secondary N) is 2. The Morgan fingerprint density at radius 2 is 1.23 bits per heavy atom. The molecule has 2 saturated heterocycles. The molecule has 0 spiro atoms. The summed E-state index contributed by atoms with van der Waals surface area (Å²) in [5.74, 6) is -0.304. The van der Waals surface area contributed by atoms with E-state index in [1.807, 2.05) is 0 Å². The summed E-state index contributed by atoms with van der Waals surface area (Å²) in [6, 6.07) is 12.6. The molecule has 10 nitrogen and oxygen atoms in total. The number of nitrogens with two attached hydrogens (primary N) is 1. The van der Waals surface area contributed by atoms with Crippen LogP contribution in [0.25, 0.3) is 0 Å². The van der Waals surface area contributed by atoms with E-state index in [-0.39, 0.29) is 29.6 Å². The van der Waals surface area contributed by atoms with Gasteiger partial charge in [-0.25, -0.2) is 0 Å². The first-order valence-electron chi connectivity index (χ1n) is 9.29. The Bertz CT molecular complexity index is 893. The molecule has 30 heavy (non-hydrogen) atoms. The predicted octanol–water partition coefficient (Wildman–Crippen LogP) is 1.12. The number of carbonyl (C=O) groups is 2. The van der Waals surface area contributed by atoms with E-state index in [0.717, 1.165) is 0 Å². The fourth-order valence-electron chi connectivity index (χ4n) is 2.54. The molecule has 4 N–H and O–H groups in total.